The second-order valence-electron chi connectivity index (χ2n) is 19.1. The predicted molar refractivity (Wildman–Crippen MR) is 261 cm³/mol. The molecule has 0 amide bonds. The van der Waals surface area contributed by atoms with Crippen LogP contribution in [-0.2, 0) is 10.8 Å². The Balaban J connectivity index is 1.03. The molecule has 1 spiro atoms. The largest absolute Gasteiger partial charge is 0.458 e. The van der Waals surface area contributed by atoms with Gasteiger partial charge in [-0.3, -0.25) is 0 Å². The molecule has 0 saturated heterocycles. The molecule has 0 atom stereocenters. The fourth-order valence-corrected chi connectivity index (χ4v) is 12.7. The van der Waals surface area contributed by atoms with Crippen LogP contribution < -0.4 is 21.1 Å². The van der Waals surface area contributed by atoms with Gasteiger partial charge >= 0.3 is 0 Å². The lowest BCUT2D eigenvalue weighted by atomic mass is 9.34. The summed E-state index contributed by atoms with van der Waals surface area (Å²) < 4.78 is 12.5. The highest BCUT2D eigenvalue weighted by Gasteiger charge is 2.54. The molecule has 4 heteroatoms. The third-order valence-corrected chi connectivity index (χ3v) is 15.2. The smallest absolute Gasteiger partial charge is 0.256 e. The number of benzene rings is 9. The zero-order chi connectivity index (χ0) is 41.5. The maximum absolute atomic E-state index is 7.45. The van der Waals surface area contributed by atoms with Crippen LogP contribution in [0.25, 0.3) is 77.2 Å². The second-order valence-corrected chi connectivity index (χ2v) is 19.1. The molecule has 4 heterocycles. The fourth-order valence-electron chi connectivity index (χ4n) is 12.7. The van der Waals surface area contributed by atoms with Gasteiger partial charge < -0.3 is 13.9 Å². The molecule has 0 radical (unpaired) electrons. The number of ether oxygens (including phenoxy) is 1. The van der Waals surface area contributed by atoms with Crippen LogP contribution in [0.4, 0.5) is 0 Å². The molecule has 294 valence electrons. The molecule has 63 heavy (non-hydrogen) atoms. The summed E-state index contributed by atoms with van der Waals surface area (Å²) in [6.45, 7) is 6.84. The van der Waals surface area contributed by atoms with Crippen LogP contribution in [0.2, 0.25) is 0 Å². The van der Waals surface area contributed by atoms with E-state index in [1.54, 1.807) is 0 Å². The minimum absolute atomic E-state index is 0.0103. The van der Waals surface area contributed by atoms with Gasteiger partial charge in [0.1, 0.15) is 11.5 Å². The van der Waals surface area contributed by atoms with Crippen molar-refractivity contribution in [2.24, 2.45) is 0 Å². The third kappa shape index (κ3) is 3.96. The van der Waals surface area contributed by atoms with E-state index in [1.807, 2.05) is 0 Å². The zero-order valence-corrected chi connectivity index (χ0v) is 35.2. The summed E-state index contributed by atoms with van der Waals surface area (Å²) in [5, 5.41) is 5.05. The van der Waals surface area contributed by atoms with Gasteiger partial charge in [0.25, 0.3) is 6.71 Å². The van der Waals surface area contributed by atoms with E-state index in [1.165, 1.54) is 121 Å². The Hall–Kier alpha value is -7.56. The number of fused-ring (bicyclic) bond motifs is 22. The molecule has 11 aromatic rings. The van der Waals surface area contributed by atoms with Gasteiger partial charge in [0.05, 0.1) is 22.0 Å². The van der Waals surface area contributed by atoms with Crippen LogP contribution in [0.1, 0.15) is 48.6 Å². The Kier molecular flexibility index (Phi) is 6.20. The SMILES string of the molecule is CC(C)(C)c1ccc(-n2c3ccccc3c3ccc4c5cccc6c5n(c4c32)-c2cccc3c2B6c2ccc4c(c2O3)-c2ccccc2C42c3ccccc3-c3ccccc32)cc1. The van der Waals surface area contributed by atoms with E-state index < -0.39 is 5.41 Å². The monoisotopic (exact) mass is 802 g/mol. The molecular formula is C59H39BN2O. The van der Waals surface area contributed by atoms with Crippen molar-refractivity contribution < 1.29 is 4.74 Å². The molecule has 0 N–H and O–H groups in total. The van der Waals surface area contributed by atoms with Crippen molar-refractivity contribution in [3.63, 3.8) is 0 Å². The zero-order valence-electron chi connectivity index (χ0n) is 35.2. The third-order valence-electron chi connectivity index (χ3n) is 15.2. The highest BCUT2D eigenvalue weighted by molar-refractivity contribution is 6.99. The van der Waals surface area contributed by atoms with Crippen LogP contribution in [0, 0.1) is 0 Å². The minimum Gasteiger partial charge on any atom is -0.458 e. The lowest BCUT2D eigenvalue weighted by Gasteiger charge is -2.35. The van der Waals surface area contributed by atoms with Gasteiger partial charge in [0.2, 0.25) is 0 Å². The number of hydrogen-bond acceptors (Lipinski definition) is 1. The van der Waals surface area contributed by atoms with Gasteiger partial charge in [-0.05, 0) is 96.6 Å². The Morgan fingerprint density at radius 3 is 1.81 bits per heavy atom. The Bertz CT molecular complexity index is 3830. The molecule has 0 fully saturated rings. The molecule has 0 saturated carbocycles. The van der Waals surface area contributed by atoms with E-state index in [0.29, 0.717) is 0 Å². The summed E-state index contributed by atoms with van der Waals surface area (Å²) in [5.74, 6) is 1.91. The average Bonchev–Trinajstić information content (AvgIpc) is 4.03. The van der Waals surface area contributed by atoms with E-state index in [2.05, 4.69) is 212 Å². The molecule has 2 aromatic heterocycles. The molecule has 4 aliphatic rings. The first-order valence-electron chi connectivity index (χ1n) is 22.3. The molecule has 9 aromatic carbocycles. The Morgan fingerprint density at radius 2 is 1.06 bits per heavy atom. The van der Waals surface area contributed by atoms with Crippen LogP contribution in [0.5, 0.6) is 11.5 Å². The van der Waals surface area contributed by atoms with Gasteiger partial charge in [-0.2, -0.15) is 0 Å². The maximum atomic E-state index is 7.45. The number of para-hydroxylation sites is 2. The summed E-state index contributed by atoms with van der Waals surface area (Å²) in [6, 6.07) is 68.6. The fraction of sp³-hybridized carbons (Fsp3) is 0.0847. The molecule has 0 bridgehead atoms. The van der Waals surface area contributed by atoms with Crippen LogP contribution in [0.3, 0.4) is 0 Å². The van der Waals surface area contributed by atoms with E-state index in [9.17, 15) is 0 Å². The summed E-state index contributed by atoms with van der Waals surface area (Å²) in [6.07, 6.45) is 0. The Labute approximate surface area is 365 Å². The van der Waals surface area contributed by atoms with Crippen LogP contribution >= 0.6 is 0 Å². The second kappa shape index (κ2) is 11.5. The summed E-state index contributed by atoms with van der Waals surface area (Å²) in [7, 11) is 0. The first-order valence-corrected chi connectivity index (χ1v) is 22.3. The van der Waals surface area contributed by atoms with Gasteiger partial charge in [-0.15, -0.1) is 0 Å². The van der Waals surface area contributed by atoms with Gasteiger partial charge in [-0.25, -0.2) is 0 Å². The van der Waals surface area contributed by atoms with Crippen LogP contribution in [-0.4, -0.2) is 15.8 Å². The minimum atomic E-state index is -0.435. The van der Waals surface area contributed by atoms with Gasteiger partial charge in [0.15, 0.2) is 0 Å². The van der Waals surface area contributed by atoms with Crippen molar-refractivity contribution in [3.05, 3.63) is 210 Å². The van der Waals surface area contributed by atoms with E-state index >= 15 is 0 Å². The molecule has 15 rings (SSSR count). The molecule has 0 unspecified atom stereocenters. The van der Waals surface area contributed by atoms with Crippen molar-refractivity contribution in [3.8, 4) is 45.1 Å². The topological polar surface area (TPSA) is 19.1 Å². The number of nitrogens with zero attached hydrogens (tertiary/aromatic N) is 2. The lowest BCUT2D eigenvalue weighted by molar-refractivity contribution is 0.488. The Morgan fingerprint density at radius 1 is 0.460 bits per heavy atom. The number of aromatic nitrogens is 2. The number of rotatable bonds is 1. The standard InChI is InChI=1S/C59H39BN2O/c1-58(2,3)34-26-28-35(29-27-34)61-49-23-11-7-16-38(49)40-30-31-41-39-18-12-22-47-54(39)62(56(41)55(40)61)50-24-13-25-51-53(50)60(47)48-33-32-46-52(57(48)63-51)42-17-6-10-21-45(42)59(46)43-19-8-4-14-36(43)37-15-5-9-20-44(37)59/h4-33H,1-3H3. The summed E-state index contributed by atoms with van der Waals surface area (Å²) in [4.78, 5) is 0. The summed E-state index contributed by atoms with van der Waals surface area (Å²) >= 11 is 0. The van der Waals surface area contributed by atoms with Crippen molar-refractivity contribution in [2.45, 2.75) is 31.6 Å². The van der Waals surface area contributed by atoms with Gasteiger partial charge in [-0.1, -0.05) is 172 Å². The highest BCUT2D eigenvalue weighted by Crippen LogP contribution is 2.64. The van der Waals surface area contributed by atoms with Crippen molar-refractivity contribution >= 4 is 66.7 Å². The van der Waals surface area contributed by atoms with Crippen molar-refractivity contribution in [2.75, 3.05) is 0 Å². The number of hydrogen-bond donors (Lipinski definition) is 0. The van der Waals surface area contributed by atoms with E-state index in [4.69, 9.17) is 4.74 Å². The first-order chi connectivity index (χ1) is 30.9. The normalized spacial score (nSPS) is 14.5. The molecule has 2 aliphatic heterocycles. The maximum Gasteiger partial charge on any atom is 0.256 e. The molecule has 2 aliphatic carbocycles. The highest BCUT2D eigenvalue weighted by atomic mass is 16.5. The molecular weight excluding hydrogens is 763 g/mol. The van der Waals surface area contributed by atoms with Crippen molar-refractivity contribution in [1.82, 2.24) is 9.13 Å². The lowest BCUT2D eigenvalue weighted by Crippen LogP contribution is -2.58. The van der Waals surface area contributed by atoms with Gasteiger partial charge in [0, 0.05) is 44.0 Å². The van der Waals surface area contributed by atoms with Crippen molar-refractivity contribution in [1.29, 1.82) is 0 Å². The van der Waals surface area contributed by atoms with E-state index in [0.717, 1.165) is 11.5 Å². The van der Waals surface area contributed by atoms with Crippen LogP contribution in [0.15, 0.2) is 182 Å². The first kappa shape index (κ1) is 34.1. The predicted octanol–water partition coefficient (Wildman–Crippen LogP) is 12.5. The molecule has 3 nitrogen and oxygen atoms in total. The average molecular weight is 803 g/mol. The van der Waals surface area contributed by atoms with E-state index in [-0.39, 0.29) is 12.1 Å². The quantitative estimate of drug-likeness (QED) is 0.151. The summed E-state index contributed by atoms with van der Waals surface area (Å²) in [5.41, 5.74) is 22.4.